The number of nitrogens with zero attached hydrogens (tertiary/aromatic N) is 2. The van der Waals surface area contributed by atoms with E-state index in [1.165, 1.54) is 12.1 Å². The van der Waals surface area contributed by atoms with Gasteiger partial charge in [-0.25, -0.2) is 4.39 Å². The highest BCUT2D eigenvalue weighted by Gasteiger charge is 2.24. The second-order valence-corrected chi connectivity index (χ2v) is 9.41. The highest BCUT2D eigenvalue weighted by molar-refractivity contribution is 5.87. The first-order chi connectivity index (χ1) is 17.9. The average molecular weight is 504 g/mol. The third kappa shape index (κ3) is 6.49. The van der Waals surface area contributed by atoms with Gasteiger partial charge in [-0.1, -0.05) is 30.3 Å². The minimum Gasteiger partial charge on any atom is -0.497 e. The van der Waals surface area contributed by atoms with Crippen molar-refractivity contribution >= 4 is 16.8 Å². The second-order valence-electron chi connectivity index (χ2n) is 9.41. The van der Waals surface area contributed by atoms with Crippen LogP contribution in [0.5, 0.6) is 11.5 Å². The molecule has 0 aliphatic carbocycles. The number of nitrogens with one attached hydrogen (secondary N) is 1. The van der Waals surface area contributed by atoms with E-state index in [0.29, 0.717) is 24.6 Å². The van der Waals surface area contributed by atoms with E-state index < -0.39 is 0 Å². The van der Waals surface area contributed by atoms with Gasteiger partial charge in [0.05, 0.1) is 14.2 Å². The third-order valence-corrected chi connectivity index (χ3v) is 6.51. The normalized spacial score (nSPS) is 12.1. The van der Waals surface area contributed by atoms with Crippen LogP contribution in [0, 0.1) is 5.82 Å². The summed E-state index contributed by atoms with van der Waals surface area (Å²) in [5, 5.41) is 4.12. The van der Waals surface area contributed by atoms with Gasteiger partial charge in [-0.3, -0.25) is 4.79 Å². The number of halogens is 1. The number of hydrogen-bond acceptors (Lipinski definition) is 4. The van der Waals surface area contributed by atoms with Crippen molar-refractivity contribution in [3.05, 3.63) is 95.4 Å². The first kappa shape index (κ1) is 26.2. The lowest BCUT2D eigenvalue weighted by molar-refractivity contribution is -0.121. The number of benzene rings is 3. The SMILES string of the molecule is COc1cc(OC)cc([C@@H](CC(=O)NCCN(C)C)c2cn(Cc3ccc(F)cc3)c3ccccc23)c1. The minimum atomic E-state index is -0.255. The molecule has 0 saturated heterocycles. The number of methoxy groups -OCH3 is 2. The van der Waals surface area contributed by atoms with Crippen LogP contribution < -0.4 is 14.8 Å². The van der Waals surface area contributed by atoms with Gasteiger partial charge in [-0.2, -0.15) is 0 Å². The molecule has 37 heavy (non-hydrogen) atoms. The van der Waals surface area contributed by atoms with Gasteiger partial charge in [0.2, 0.25) is 5.91 Å². The Morgan fingerprint density at radius 3 is 2.32 bits per heavy atom. The van der Waals surface area contributed by atoms with Gasteiger partial charge in [0.15, 0.2) is 0 Å². The summed E-state index contributed by atoms with van der Waals surface area (Å²) in [6.07, 6.45) is 2.38. The summed E-state index contributed by atoms with van der Waals surface area (Å²) in [5.41, 5.74) is 4.02. The van der Waals surface area contributed by atoms with Crippen LogP contribution in [0.4, 0.5) is 4.39 Å². The number of rotatable bonds is 11. The maximum atomic E-state index is 13.5. The molecule has 1 N–H and O–H groups in total. The van der Waals surface area contributed by atoms with Gasteiger partial charge >= 0.3 is 0 Å². The Morgan fingerprint density at radius 1 is 1.00 bits per heavy atom. The second kappa shape index (κ2) is 11.9. The number of amides is 1. The fourth-order valence-electron chi connectivity index (χ4n) is 4.58. The zero-order valence-corrected chi connectivity index (χ0v) is 21.8. The lowest BCUT2D eigenvalue weighted by atomic mass is 9.87. The summed E-state index contributed by atoms with van der Waals surface area (Å²) >= 11 is 0. The van der Waals surface area contributed by atoms with Gasteiger partial charge in [-0.05, 0) is 61.1 Å². The van der Waals surface area contributed by atoms with E-state index in [1.54, 1.807) is 26.4 Å². The molecule has 1 heterocycles. The average Bonchev–Trinajstić information content (AvgIpc) is 3.26. The first-order valence-electron chi connectivity index (χ1n) is 12.3. The lowest BCUT2D eigenvalue weighted by Gasteiger charge is -2.19. The monoisotopic (exact) mass is 503 g/mol. The Balaban J connectivity index is 1.77. The Labute approximate surface area is 217 Å². The number of likely N-dealkylation sites (N-methyl/N-ethyl adjacent to an activating group) is 1. The smallest absolute Gasteiger partial charge is 0.220 e. The van der Waals surface area contributed by atoms with Crippen LogP contribution in [0.15, 0.2) is 72.9 Å². The highest BCUT2D eigenvalue weighted by atomic mass is 19.1. The molecule has 0 bridgehead atoms. The van der Waals surface area contributed by atoms with E-state index in [-0.39, 0.29) is 24.1 Å². The zero-order valence-electron chi connectivity index (χ0n) is 21.8. The standard InChI is InChI=1S/C30H34FN3O3/c1-33(2)14-13-32-30(35)18-27(22-15-24(36-3)17-25(16-22)37-4)28-20-34(29-8-6-5-7-26(28)29)19-21-9-11-23(31)12-10-21/h5-12,15-17,20,27H,13-14,18-19H2,1-4H3,(H,32,35)/t27-/m1/s1. The van der Waals surface area contributed by atoms with E-state index in [0.717, 1.165) is 34.1 Å². The Bertz CT molecular complexity index is 1330. The van der Waals surface area contributed by atoms with Crippen molar-refractivity contribution in [3.8, 4) is 11.5 Å². The molecule has 0 radical (unpaired) electrons. The molecular formula is C30H34FN3O3. The van der Waals surface area contributed by atoms with E-state index in [1.807, 2.05) is 49.3 Å². The van der Waals surface area contributed by atoms with Gasteiger partial charge in [-0.15, -0.1) is 0 Å². The van der Waals surface area contributed by atoms with Crippen molar-refractivity contribution in [1.82, 2.24) is 14.8 Å². The van der Waals surface area contributed by atoms with Crippen LogP contribution in [0.2, 0.25) is 0 Å². The summed E-state index contributed by atoms with van der Waals surface area (Å²) < 4.78 is 26.7. The maximum absolute atomic E-state index is 13.5. The van der Waals surface area contributed by atoms with Gasteiger partial charge in [0, 0.05) is 55.1 Å². The van der Waals surface area contributed by atoms with Crippen molar-refractivity contribution in [2.75, 3.05) is 41.4 Å². The molecule has 1 aromatic heterocycles. The maximum Gasteiger partial charge on any atom is 0.220 e. The summed E-state index contributed by atoms with van der Waals surface area (Å²) in [5.74, 6) is 0.825. The highest BCUT2D eigenvalue weighted by Crippen LogP contribution is 2.38. The zero-order chi connectivity index (χ0) is 26.4. The van der Waals surface area contributed by atoms with Crippen LogP contribution in [-0.2, 0) is 11.3 Å². The van der Waals surface area contributed by atoms with Crippen molar-refractivity contribution in [3.63, 3.8) is 0 Å². The number of carbonyl (C=O) groups is 1. The van der Waals surface area contributed by atoms with E-state index >= 15 is 0 Å². The molecule has 4 aromatic rings. The van der Waals surface area contributed by atoms with Crippen molar-refractivity contribution in [2.45, 2.75) is 18.9 Å². The molecule has 0 fully saturated rings. The molecule has 0 unspecified atom stereocenters. The number of hydrogen-bond donors (Lipinski definition) is 1. The van der Waals surface area contributed by atoms with Crippen molar-refractivity contribution in [1.29, 1.82) is 0 Å². The lowest BCUT2D eigenvalue weighted by Crippen LogP contribution is -2.32. The largest absolute Gasteiger partial charge is 0.497 e. The Kier molecular flexibility index (Phi) is 8.46. The number of carbonyl (C=O) groups excluding carboxylic acids is 1. The number of aromatic nitrogens is 1. The summed E-state index contributed by atoms with van der Waals surface area (Å²) in [7, 11) is 7.20. The number of para-hydroxylation sites is 1. The molecule has 1 atom stereocenters. The number of ether oxygens (including phenoxy) is 2. The molecule has 1 amide bonds. The van der Waals surface area contributed by atoms with Crippen molar-refractivity contribution < 1.29 is 18.7 Å². The molecule has 4 rings (SSSR count). The first-order valence-corrected chi connectivity index (χ1v) is 12.3. The number of fused-ring (bicyclic) bond motifs is 1. The summed E-state index contributed by atoms with van der Waals surface area (Å²) in [4.78, 5) is 15.2. The molecule has 0 aliphatic rings. The summed E-state index contributed by atoms with van der Waals surface area (Å²) in [6.45, 7) is 1.93. The van der Waals surface area contributed by atoms with E-state index in [9.17, 15) is 9.18 Å². The quantitative estimate of drug-likeness (QED) is 0.311. The summed E-state index contributed by atoms with van der Waals surface area (Å²) in [6, 6.07) is 20.5. The molecule has 0 spiro atoms. The Morgan fingerprint density at radius 2 is 1.68 bits per heavy atom. The fraction of sp³-hybridized carbons (Fsp3) is 0.300. The molecular weight excluding hydrogens is 469 g/mol. The van der Waals surface area contributed by atoms with Crippen molar-refractivity contribution in [2.24, 2.45) is 0 Å². The van der Waals surface area contributed by atoms with Crippen LogP contribution in [0.25, 0.3) is 10.9 Å². The van der Waals surface area contributed by atoms with Gasteiger partial charge in [0.25, 0.3) is 0 Å². The van der Waals surface area contributed by atoms with Gasteiger partial charge in [0.1, 0.15) is 17.3 Å². The Hall–Kier alpha value is -3.84. The minimum absolute atomic E-state index is 0.0241. The van der Waals surface area contributed by atoms with Crippen LogP contribution in [0.3, 0.4) is 0 Å². The predicted octanol–water partition coefficient (Wildman–Crippen LogP) is 5.05. The van der Waals surface area contributed by atoms with E-state index in [4.69, 9.17) is 9.47 Å². The topological polar surface area (TPSA) is 55.7 Å². The molecule has 7 heteroatoms. The molecule has 3 aromatic carbocycles. The molecule has 6 nitrogen and oxygen atoms in total. The van der Waals surface area contributed by atoms with E-state index in [2.05, 4.69) is 28.2 Å². The predicted molar refractivity (Wildman–Crippen MR) is 145 cm³/mol. The van der Waals surface area contributed by atoms with Gasteiger partial charge < -0.3 is 24.3 Å². The van der Waals surface area contributed by atoms with Crippen LogP contribution in [0.1, 0.15) is 29.0 Å². The van der Waals surface area contributed by atoms with Crippen LogP contribution in [-0.4, -0.2) is 56.8 Å². The van der Waals surface area contributed by atoms with Crippen LogP contribution >= 0.6 is 0 Å². The molecule has 0 aliphatic heterocycles. The fourth-order valence-corrected chi connectivity index (χ4v) is 4.58. The molecule has 0 saturated carbocycles. The third-order valence-electron chi connectivity index (χ3n) is 6.51. The molecule has 194 valence electrons.